The van der Waals surface area contributed by atoms with Gasteiger partial charge in [0.1, 0.15) is 11.6 Å². The Morgan fingerprint density at radius 3 is 2.77 bits per heavy atom. The van der Waals surface area contributed by atoms with E-state index in [1.54, 1.807) is 19.2 Å². The molecule has 138 valence electrons. The van der Waals surface area contributed by atoms with Crippen LogP contribution < -0.4 is 22.1 Å². The molecule has 1 saturated carbocycles. The van der Waals surface area contributed by atoms with Crippen LogP contribution in [0.2, 0.25) is 0 Å². The van der Waals surface area contributed by atoms with E-state index in [4.69, 9.17) is 11.5 Å². The summed E-state index contributed by atoms with van der Waals surface area (Å²) < 4.78 is 13.4. The van der Waals surface area contributed by atoms with Crippen LogP contribution in [0.3, 0.4) is 0 Å². The number of hydrogen-bond donors (Lipinski definition) is 4. The molecule has 0 aliphatic heterocycles. The van der Waals surface area contributed by atoms with Crippen molar-refractivity contribution in [2.75, 3.05) is 10.6 Å². The smallest absolute Gasteiger partial charge is 0.269 e. The number of carbonyl (C=O) groups excluding carboxylic acids is 1. The molecule has 1 aliphatic carbocycles. The minimum atomic E-state index is -0.660. The van der Waals surface area contributed by atoms with Crippen LogP contribution in [0, 0.1) is 12.7 Å². The monoisotopic (exact) mass is 358 g/mol. The molecule has 2 aromatic rings. The fourth-order valence-corrected chi connectivity index (χ4v) is 3.14. The lowest BCUT2D eigenvalue weighted by molar-refractivity contribution is 0.0996. The molecule has 7 nitrogen and oxygen atoms in total. The number of halogens is 1. The quantitative estimate of drug-likeness (QED) is 0.652. The number of aryl methyl sites for hydroxylation is 1. The minimum Gasteiger partial charge on any atom is -0.379 e. The maximum atomic E-state index is 13.4. The number of carbonyl (C=O) groups is 1. The number of nitrogens with zero attached hydrogens (tertiary/aromatic N) is 2. The Bertz CT molecular complexity index is 812. The van der Waals surface area contributed by atoms with Gasteiger partial charge in [0, 0.05) is 12.1 Å². The van der Waals surface area contributed by atoms with E-state index in [9.17, 15) is 9.18 Å². The number of pyridine rings is 2. The van der Waals surface area contributed by atoms with E-state index in [0.29, 0.717) is 11.5 Å². The molecule has 1 fully saturated rings. The zero-order valence-electron chi connectivity index (χ0n) is 14.6. The van der Waals surface area contributed by atoms with Crippen LogP contribution in [0.15, 0.2) is 24.4 Å². The number of nitrogens with two attached hydrogens (primary N) is 2. The summed E-state index contributed by atoms with van der Waals surface area (Å²) in [6.45, 7) is 1.57. The lowest BCUT2D eigenvalue weighted by Crippen LogP contribution is -2.42. The van der Waals surface area contributed by atoms with Crippen molar-refractivity contribution in [3.63, 3.8) is 0 Å². The summed E-state index contributed by atoms with van der Waals surface area (Å²) in [5, 5.41) is 6.38. The standard InChI is InChI=1S/C18H23FN6O/c1-10-12(19)6-7-16(23-10)25-15-8-11(9-22-17(15)18(21)26)24-14-5-3-2-4-13(14)20/h6-9,13-14,24H,2-5,20H2,1H3,(H2,21,26)(H,23,25)/t13-,14+/m0/s1. The van der Waals surface area contributed by atoms with Gasteiger partial charge in [0.25, 0.3) is 5.91 Å². The Kier molecular flexibility index (Phi) is 5.32. The predicted molar refractivity (Wildman–Crippen MR) is 98.8 cm³/mol. The van der Waals surface area contributed by atoms with Gasteiger partial charge in [-0.2, -0.15) is 0 Å². The maximum absolute atomic E-state index is 13.4. The largest absolute Gasteiger partial charge is 0.379 e. The molecular formula is C18H23FN6O. The third-order valence-corrected chi connectivity index (χ3v) is 4.58. The molecule has 0 aromatic carbocycles. The summed E-state index contributed by atoms with van der Waals surface area (Å²) in [4.78, 5) is 20.0. The van der Waals surface area contributed by atoms with Crippen molar-refractivity contribution in [3.8, 4) is 0 Å². The summed E-state index contributed by atoms with van der Waals surface area (Å²) in [7, 11) is 0. The molecule has 3 rings (SSSR count). The molecule has 2 heterocycles. The first-order valence-corrected chi connectivity index (χ1v) is 8.66. The molecule has 2 atom stereocenters. The van der Waals surface area contributed by atoms with E-state index in [1.807, 2.05) is 0 Å². The van der Waals surface area contributed by atoms with Crippen molar-refractivity contribution in [2.24, 2.45) is 11.5 Å². The van der Waals surface area contributed by atoms with Crippen LogP contribution in [-0.2, 0) is 0 Å². The first-order chi connectivity index (χ1) is 12.4. The third-order valence-electron chi connectivity index (χ3n) is 4.58. The third kappa shape index (κ3) is 4.08. The molecule has 0 saturated heterocycles. The predicted octanol–water partition coefficient (Wildman–Crippen LogP) is 2.45. The van der Waals surface area contributed by atoms with E-state index < -0.39 is 11.7 Å². The normalized spacial score (nSPS) is 19.8. The van der Waals surface area contributed by atoms with Gasteiger partial charge in [-0.25, -0.2) is 14.4 Å². The summed E-state index contributed by atoms with van der Waals surface area (Å²) >= 11 is 0. The summed E-state index contributed by atoms with van der Waals surface area (Å²) in [6, 6.07) is 4.78. The Hall–Kier alpha value is -2.74. The number of rotatable bonds is 5. The van der Waals surface area contributed by atoms with Gasteiger partial charge in [-0.3, -0.25) is 4.79 Å². The molecule has 1 amide bonds. The SMILES string of the molecule is Cc1nc(Nc2cc(N[C@@H]3CCCC[C@@H]3N)cnc2C(N)=O)ccc1F. The van der Waals surface area contributed by atoms with Crippen molar-refractivity contribution in [1.82, 2.24) is 9.97 Å². The minimum absolute atomic E-state index is 0.0809. The average Bonchev–Trinajstić information content (AvgIpc) is 2.60. The van der Waals surface area contributed by atoms with Crippen LogP contribution >= 0.6 is 0 Å². The van der Waals surface area contributed by atoms with Gasteiger partial charge >= 0.3 is 0 Å². The summed E-state index contributed by atoms with van der Waals surface area (Å²) in [6.07, 6.45) is 5.80. The van der Waals surface area contributed by atoms with Crippen molar-refractivity contribution >= 4 is 23.1 Å². The Morgan fingerprint density at radius 1 is 1.31 bits per heavy atom. The van der Waals surface area contributed by atoms with Crippen LogP contribution in [0.4, 0.5) is 21.6 Å². The number of aromatic nitrogens is 2. The number of nitrogens with one attached hydrogen (secondary N) is 2. The fourth-order valence-electron chi connectivity index (χ4n) is 3.14. The van der Waals surface area contributed by atoms with Crippen LogP contribution in [0.1, 0.15) is 41.9 Å². The van der Waals surface area contributed by atoms with Gasteiger partial charge in [-0.15, -0.1) is 0 Å². The lowest BCUT2D eigenvalue weighted by atomic mass is 9.91. The van der Waals surface area contributed by atoms with E-state index in [0.717, 1.165) is 31.4 Å². The summed E-state index contributed by atoms with van der Waals surface area (Å²) in [5.41, 5.74) is 13.1. The first kappa shape index (κ1) is 18.1. The Balaban J connectivity index is 1.86. The number of anilines is 3. The second-order valence-electron chi connectivity index (χ2n) is 6.57. The van der Waals surface area contributed by atoms with E-state index >= 15 is 0 Å². The molecule has 0 radical (unpaired) electrons. The molecule has 0 spiro atoms. The van der Waals surface area contributed by atoms with Gasteiger partial charge in [0.2, 0.25) is 0 Å². The van der Waals surface area contributed by atoms with E-state index in [-0.39, 0.29) is 23.5 Å². The first-order valence-electron chi connectivity index (χ1n) is 8.66. The van der Waals surface area contributed by atoms with Gasteiger partial charge in [-0.05, 0) is 38.0 Å². The Morgan fingerprint density at radius 2 is 2.08 bits per heavy atom. The molecule has 0 unspecified atom stereocenters. The second-order valence-corrected chi connectivity index (χ2v) is 6.57. The fraction of sp³-hybridized carbons (Fsp3) is 0.389. The molecule has 6 N–H and O–H groups in total. The summed E-state index contributed by atoms with van der Waals surface area (Å²) in [5.74, 6) is -0.655. The highest BCUT2D eigenvalue weighted by atomic mass is 19.1. The zero-order chi connectivity index (χ0) is 18.7. The van der Waals surface area contributed by atoms with E-state index in [1.165, 1.54) is 12.1 Å². The van der Waals surface area contributed by atoms with E-state index in [2.05, 4.69) is 20.6 Å². The molecular weight excluding hydrogens is 335 g/mol. The van der Waals surface area contributed by atoms with Gasteiger partial charge in [-0.1, -0.05) is 12.8 Å². The zero-order valence-corrected chi connectivity index (χ0v) is 14.6. The van der Waals surface area contributed by atoms with Crippen LogP contribution in [0.5, 0.6) is 0 Å². The van der Waals surface area contributed by atoms with Crippen LogP contribution in [-0.4, -0.2) is 28.0 Å². The Labute approximate surface area is 151 Å². The van der Waals surface area contributed by atoms with Crippen molar-refractivity contribution in [3.05, 3.63) is 41.6 Å². The maximum Gasteiger partial charge on any atom is 0.269 e. The number of primary amides is 1. The number of amides is 1. The highest BCUT2D eigenvalue weighted by Gasteiger charge is 2.22. The highest BCUT2D eigenvalue weighted by Crippen LogP contribution is 2.25. The lowest BCUT2D eigenvalue weighted by Gasteiger charge is -2.30. The average molecular weight is 358 g/mol. The van der Waals surface area contributed by atoms with Crippen molar-refractivity contribution < 1.29 is 9.18 Å². The van der Waals surface area contributed by atoms with Gasteiger partial charge in [0.05, 0.1) is 23.3 Å². The van der Waals surface area contributed by atoms with Crippen molar-refractivity contribution in [1.29, 1.82) is 0 Å². The molecule has 1 aliphatic rings. The molecule has 8 heteroatoms. The molecule has 2 aromatic heterocycles. The number of hydrogen-bond acceptors (Lipinski definition) is 6. The van der Waals surface area contributed by atoms with Gasteiger partial charge in [0.15, 0.2) is 5.69 Å². The van der Waals surface area contributed by atoms with Crippen LogP contribution in [0.25, 0.3) is 0 Å². The molecule has 0 bridgehead atoms. The van der Waals surface area contributed by atoms with Crippen molar-refractivity contribution in [2.45, 2.75) is 44.7 Å². The van der Waals surface area contributed by atoms with Gasteiger partial charge < -0.3 is 22.1 Å². The highest BCUT2D eigenvalue weighted by molar-refractivity contribution is 5.97. The molecule has 26 heavy (non-hydrogen) atoms. The second kappa shape index (κ2) is 7.65. The topological polar surface area (TPSA) is 119 Å².